The second-order valence-electron chi connectivity index (χ2n) is 6.97. The van der Waals surface area contributed by atoms with Crippen LogP contribution >= 0.6 is 23.2 Å². The van der Waals surface area contributed by atoms with Crippen molar-refractivity contribution in [1.82, 2.24) is 0 Å². The van der Waals surface area contributed by atoms with Crippen LogP contribution < -0.4 is 15.4 Å². The van der Waals surface area contributed by atoms with Crippen LogP contribution in [0, 0.1) is 18.3 Å². The van der Waals surface area contributed by atoms with Gasteiger partial charge < -0.3 is 15.4 Å². The summed E-state index contributed by atoms with van der Waals surface area (Å²) in [6.07, 6.45) is 1.48. The zero-order chi connectivity index (χ0) is 23.8. The Morgan fingerprint density at radius 3 is 2.42 bits per heavy atom. The summed E-state index contributed by atoms with van der Waals surface area (Å²) in [5.41, 5.74) is 2.53. The van der Waals surface area contributed by atoms with Crippen LogP contribution in [-0.4, -0.2) is 18.4 Å². The number of amides is 2. The Bertz CT molecular complexity index is 1250. The zero-order valence-electron chi connectivity index (χ0n) is 17.6. The molecule has 0 saturated carbocycles. The SMILES string of the molecule is Cc1ccccc1NC(=O)/C(C#N)=C/c1ccc(OCC(=O)Nc2cc(Cl)ccc2Cl)cc1. The number of halogens is 2. The van der Waals surface area contributed by atoms with Crippen LogP contribution in [-0.2, 0) is 9.59 Å². The third kappa shape index (κ3) is 6.84. The lowest BCUT2D eigenvalue weighted by atomic mass is 10.1. The molecule has 0 radical (unpaired) electrons. The van der Waals surface area contributed by atoms with Crippen molar-refractivity contribution in [3.63, 3.8) is 0 Å². The van der Waals surface area contributed by atoms with E-state index in [-0.39, 0.29) is 12.2 Å². The van der Waals surface area contributed by atoms with Crippen LogP contribution in [0.4, 0.5) is 11.4 Å². The summed E-state index contributed by atoms with van der Waals surface area (Å²) >= 11 is 11.9. The van der Waals surface area contributed by atoms with Gasteiger partial charge in [0.25, 0.3) is 11.8 Å². The number of benzene rings is 3. The van der Waals surface area contributed by atoms with Crippen LogP contribution in [0.15, 0.2) is 72.3 Å². The molecule has 3 aromatic carbocycles. The molecule has 0 aliphatic heterocycles. The molecule has 0 fully saturated rings. The van der Waals surface area contributed by atoms with E-state index in [9.17, 15) is 14.9 Å². The second-order valence-corrected chi connectivity index (χ2v) is 7.81. The molecule has 0 aliphatic rings. The van der Waals surface area contributed by atoms with Crippen LogP contribution in [0.3, 0.4) is 0 Å². The first kappa shape index (κ1) is 23.9. The first-order valence-corrected chi connectivity index (χ1v) is 10.6. The van der Waals surface area contributed by atoms with Crippen LogP contribution in [0.1, 0.15) is 11.1 Å². The Labute approximate surface area is 201 Å². The standard InChI is InChI=1S/C25H19Cl2N3O3/c1-16-4-2-3-5-22(16)30-25(32)18(14-28)12-17-6-9-20(10-7-17)33-15-24(31)29-23-13-19(26)8-11-21(23)27/h2-13H,15H2,1H3,(H,29,31)(H,30,32)/b18-12+. The number of rotatable bonds is 7. The van der Waals surface area contributed by atoms with E-state index in [0.29, 0.717) is 32.7 Å². The fourth-order valence-corrected chi connectivity index (χ4v) is 3.14. The van der Waals surface area contributed by atoms with Gasteiger partial charge in [0, 0.05) is 10.7 Å². The number of hydrogen-bond acceptors (Lipinski definition) is 4. The van der Waals surface area contributed by atoms with Gasteiger partial charge in [-0.1, -0.05) is 53.5 Å². The topological polar surface area (TPSA) is 91.2 Å². The number of para-hydroxylation sites is 1. The highest BCUT2D eigenvalue weighted by Gasteiger charge is 2.11. The van der Waals surface area contributed by atoms with Crippen LogP contribution in [0.25, 0.3) is 6.08 Å². The molecule has 6 nitrogen and oxygen atoms in total. The first-order valence-electron chi connectivity index (χ1n) is 9.82. The molecule has 0 aliphatic carbocycles. The predicted octanol–water partition coefficient (Wildman–Crippen LogP) is 5.87. The fourth-order valence-electron chi connectivity index (χ4n) is 2.81. The Hall–Kier alpha value is -3.79. The minimum absolute atomic E-state index is 0.0373. The van der Waals surface area contributed by atoms with E-state index in [1.165, 1.54) is 6.08 Å². The number of ether oxygens (including phenoxy) is 1. The number of anilines is 2. The van der Waals surface area contributed by atoms with E-state index in [4.69, 9.17) is 27.9 Å². The molecular weight excluding hydrogens is 461 g/mol. The quantitative estimate of drug-likeness (QED) is 0.327. The van der Waals surface area contributed by atoms with Gasteiger partial charge in [0.05, 0.1) is 10.7 Å². The van der Waals surface area contributed by atoms with Crippen molar-refractivity contribution in [2.75, 3.05) is 17.2 Å². The van der Waals surface area contributed by atoms with Crippen molar-refractivity contribution in [3.8, 4) is 11.8 Å². The minimum Gasteiger partial charge on any atom is -0.484 e. The number of nitrogens with zero attached hydrogens (tertiary/aromatic N) is 1. The van der Waals surface area contributed by atoms with Crippen molar-refractivity contribution >= 4 is 52.5 Å². The summed E-state index contributed by atoms with van der Waals surface area (Å²) in [6.45, 7) is 1.63. The van der Waals surface area contributed by atoms with Gasteiger partial charge in [0.15, 0.2) is 6.61 Å². The van der Waals surface area contributed by atoms with Gasteiger partial charge >= 0.3 is 0 Å². The zero-order valence-corrected chi connectivity index (χ0v) is 19.1. The maximum Gasteiger partial charge on any atom is 0.266 e. The molecule has 166 valence electrons. The normalized spacial score (nSPS) is 10.8. The predicted molar refractivity (Wildman–Crippen MR) is 130 cm³/mol. The molecule has 0 bridgehead atoms. The summed E-state index contributed by atoms with van der Waals surface area (Å²) in [5.74, 6) is -0.450. The summed E-state index contributed by atoms with van der Waals surface area (Å²) in [4.78, 5) is 24.6. The highest BCUT2D eigenvalue weighted by atomic mass is 35.5. The molecule has 0 heterocycles. The van der Waals surface area contributed by atoms with E-state index in [1.807, 2.05) is 25.1 Å². The van der Waals surface area contributed by atoms with Crippen molar-refractivity contribution in [2.24, 2.45) is 0 Å². The molecule has 0 atom stereocenters. The van der Waals surface area contributed by atoms with Gasteiger partial charge in [-0.2, -0.15) is 5.26 Å². The lowest BCUT2D eigenvalue weighted by Crippen LogP contribution is -2.20. The summed E-state index contributed by atoms with van der Waals surface area (Å²) in [6, 6.07) is 20.6. The average molecular weight is 480 g/mol. The van der Waals surface area contributed by atoms with E-state index >= 15 is 0 Å². The Balaban J connectivity index is 1.59. The lowest BCUT2D eigenvalue weighted by Gasteiger charge is -2.09. The summed E-state index contributed by atoms with van der Waals surface area (Å²) in [5, 5.41) is 15.6. The maximum atomic E-state index is 12.5. The first-order chi connectivity index (χ1) is 15.9. The van der Waals surface area contributed by atoms with Gasteiger partial charge in [0.1, 0.15) is 17.4 Å². The maximum absolute atomic E-state index is 12.5. The molecule has 0 saturated heterocycles. The summed E-state index contributed by atoms with van der Waals surface area (Å²) < 4.78 is 5.48. The van der Waals surface area contributed by atoms with Crippen LogP contribution in [0.5, 0.6) is 5.75 Å². The highest BCUT2D eigenvalue weighted by Crippen LogP contribution is 2.25. The Morgan fingerprint density at radius 1 is 1.00 bits per heavy atom. The molecular formula is C25H19Cl2N3O3. The van der Waals surface area contributed by atoms with E-state index in [1.54, 1.807) is 54.6 Å². The number of aryl methyl sites for hydroxylation is 1. The van der Waals surface area contributed by atoms with Crippen molar-refractivity contribution in [1.29, 1.82) is 5.26 Å². The third-order valence-corrected chi connectivity index (χ3v) is 5.09. The van der Waals surface area contributed by atoms with E-state index in [0.717, 1.165) is 5.56 Å². The highest BCUT2D eigenvalue weighted by molar-refractivity contribution is 6.35. The molecule has 8 heteroatoms. The number of carbonyl (C=O) groups excluding carboxylic acids is 2. The minimum atomic E-state index is -0.497. The number of hydrogen-bond donors (Lipinski definition) is 2. The second kappa shape index (κ2) is 11.2. The lowest BCUT2D eigenvalue weighted by molar-refractivity contribution is -0.118. The van der Waals surface area contributed by atoms with Gasteiger partial charge in [-0.25, -0.2) is 0 Å². The van der Waals surface area contributed by atoms with Gasteiger partial charge in [0.2, 0.25) is 0 Å². The molecule has 3 rings (SSSR count). The molecule has 0 spiro atoms. The molecule has 3 aromatic rings. The third-order valence-electron chi connectivity index (χ3n) is 4.52. The van der Waals surface area contributed by atoms with Crippen molar-refractivity contribution in [2.45, 2.75) is 6.92 Å². The largest absolute Gasteiger partial charge is 0.484 e. The van der Waals surface area contributed by atoms with Crippen molar-refractivity contribution in [3.05, 3.63) is 93.5 Å². The Morgan fingerprint density at radius 2 is 1.73 bits per heavy atom. The van der Waals surface area contributed by atoms with Crippen molar-refractivity contribution < 1.29 is 14.3 Å². The van der Waals surface area contributed by atoms with Gasteiger partial charge in [-0.3, -0.25) is 9.59 Å². The smallest absolute Gasteiger partial charge is 0.266 e. The molecule has 0 aromatic heterocycles. The molecule has 0 unspecified atom stereocenters. The Kier molecular flexibility index (Phi) is 8.09. The van der Waals surface area contributed by atoms with Gasteiger partial charge in [-0.15, -0.1) is 0 Å². The van der Waals surface area contributed by atoms with Crippen LogP contribution in [0.2, 0.25) is 10.0 Å². The monoisotopic (exact) mass is 479 g/mol. The number of nitriles is 1. The number of carbonyl (C=O) groups is 2. The van der Waals surface area contributed by atoms with E-state index < -0.39 is 11.8 Å². The molecule has 2 amide bonds. The van der Waals surface area contributed by atoms with Gasteiger partial charge in [-0.05, 0) is 60.5 Å². The molecule has 33 heavy (non-hydrogen) atoms. The number of nitrogens with one attached hydrogen (secondary N) is 2. The summed E-state index contributed by atoms with van der Waals surface area (Å²) in [7, 11) is 0. The van der Waals surface area contributed by atoms with E-state index in [2.05, 4.69) is 10.6 Å². The average Bonchev–Trinajstić information content (AvgIpc) is 2.80. The fraction of sp³-hybridized carbons (Fsp3) is 0.0800. The molecule has 2 N–H and O–H groups in total.